The summed E-state index contributed by atoms with van der Waals surface area (Å²) in [4.78, 5) is 25.2. The number of para-hydroxylation sites is 1. The maximum Gasteiger partial charge on any atom is 0.334 e. The molecule has 2 aromatic carbocycles. The zero-order valence-electron chi connectivity index (χ0n) is 17.8. The highest BCUT2D eigenvalue weighted by Crippen LogP contribution is 2.27. The van der Waals surface area contributed by atoms with Crippen LogP contribution in [0.5, 0.6) is 0 Å². The van der Waals surface area contributed by atoms with Crippen molar-refractivity contribution in [3.8, 4) is 5.69 Å². The topological polar surface area (TPSA) is 111 Å². The van der Waals surface area contributed by atoms with Gasteiger partial charge in [-0.15, -0.1) is 0 Å². The van der Waals surface area contributed by atoms with Gasteiger partial charge in [0.15, 0.2) is 4.90 Å². The fourth-order valence-electron chi connectivity index (χ4n) is 3.92. The molecular weight excluding hydrogens is 470 g/mol. The van der Waals surface area contributed by atoms with Crippen LogP contribution in [0.2, 0.25) is 5.02 Å². The van der Waals surface area contributed by atoms with Gasteiger partial charge in [-0.3, -0.25) is 24.1 Å². The number of aromatic nitrogens is 2. The van der Waals surface area contributed by atoms with Crippen LogP contribution < -0.4 is 5.69 Å². The van der Waals surface area contributed by atoms with E-state index < -0.39 is 20.6 Å². The van der Waals surface area contributed by atoms with Crippen LogP contribution in [0.15, 0.2) is 64.4 Å². The third-order valence-corrected chi connectivity index (χ3v) is 7.78. The molecule has 3 aromatic rings. The monoisotopic (exact) mass is 491 g/mol. The molecule has 0 bridgehead atoms. The maximum atomic E-state index is 13.0. The van der Waals surface area contributed by atoms with Crippen molar-refractivity contribution < 1.29 is 13.3 Å². The first-order valence-electron chi connectivity index (χ1n) is 10.2. The molecule has 10 nitrogen and oxygen atoms in total. The molecule has 0 amide bonds. The average Bonchev–Trinajstić information content (AvgIpc) is 3.07. The van der Waals surface area contributed by atoms with Gasteiger partial charge in [-0.2, -0.15) is 4.31 Å². The van der Waals surface area contributed by atoms with Crippen LogP contribution in [0.4, 0.5) is 5.69 Å². The van der Waals surface area contributed by atoms with E-state index >= 15 is 0 Å². The second-order valence-corrected chi connectivity index (χ2v) is 10.1. The summed E-state index contributed by atoms with van der Waals surface area (Å²) in [5.41, 5.74) is 0.830. The molecule has 0 radical (unpaired) electrons. The number of hydrogen-bond donors (Lipinski definition) is 0. The molecule has 1 fully saturated rings. The van der Waals surface area contributed by atoms with Crippen LogP contribution in [0.25, 0.3) is 5.69 Å². The predicted octanol–water partition coefficient (Wildman–Crippen LogP) is 2.47. The Kier molecular flexibility index (Phi) is 6.39. The van der Waals surface area contributed by atoms with Crippen molar-refractivity contribution in [3.63, 3.8) is 0 Å². The third-order valence-electron chi connectivity index (χ3n) is 5.58. The number of nitro groups is 1. The van der Waals surface area contributed by atoms with Crippen molar-refractivity contribution in [1.29, 1.82) is 0 Å². The number of hydrogen-bond acceptors (Lipinski definition) is 6. The summed E-state index contributed by atoms with van der Waals surface area (Å²) in [6.45, 7) is 3.25. The van der Waals surface area contributed by atoms with Gasteiger partial charge in [-0.05, 0) is 37.3 Å². The van der Waals surface area contributed by atoms with E-state index in [4.69, 9.17) is 11.6 Å². The van der Waals surface area contributed by atoms with Gasteiger partial charge < -0.3 is 0 Å². The minimum Gasteiger partial charge on any atom is -0.285 e. The molecule has 1 aliphatic heterocycles. The highest BCUT2D eigenvalue weighted by Gasteiger charge is 2.33. The van der Waals surface area contributed by atoms with E-state index in [0.717, 1.165) is 5.69 Å². The molecule has 0 atom stereocenters. The van der Waals surface area contributed by atoms with Gasteiger partial charge in [0, 0.05) is 49.2 Å². The molecular formula is C21H22ClN5O5S. The van der Waals surface area contributed by atoms with Crippen molar-refractivity contribution in [2.24, 2.45) is 0 Å². The molecule has 174 valence electrons. The van der Waals surface area contributed by atoms with Gasteiger partial charge >= 0.3 is 5.69 Å². The lowest BCUT2D eigenvalue weighted by Gasteiger charge is -2.33. The van der Waals surface area contributed by atoms with E-state index in [0.29, 0.717) is 30.5 Å². The standard InChI is InChI=1S/C21H22ClN5O5S/c1-16-14-24(21(28)26(16)18-8-6-17(22)7-9-18)15-23-10-12-25(13-11-23)33(31,32)20-5-3-2-4-19(20)27(29)30/h2-9,14H,10-13,15H2,1H3. The van der Waals surface area contributed by atoms with E-state index in [2.05, 4.69) is 0 Å². The second kappa shape index (κ2) is 9.10. The summed E-state index contributed by atoms with van der Waals surface area (Å²) in [5.74, 6) is 0. The quantitative estimate of drug-likeness (QED) is 0.387. The number of sulfonamides is 1. The molecule has 4 rings (SSSR count). The van der Waals surface area contributed by atoms with E-state index in [1.165, 1.54) is 28.6 Å². The first kappa shape index (κ1) is 23.2. The molecule has 0 unspecified atom stereocenters. The Morgan fingerprint density at radius 2 is 1.67 bits per heavy atom. The van der Waals surface area contributed by atoms with E-state index in [9.17, 15) is 23.3 Å². The summed E-state index contributed by atoms with van der Waals surface area (Å²) < 4.78 is 30.4. The SMILES string of the molecule is Cc1cn(CN2CCN(S(=O)(=O)c3ccccc3[N+](=O)[O-])CC2)c(=O)n1-c1ccc(Cl)cc1. The fraction of sp³-hybridized carbons (Fsp3) is 0.286. The van der Waals surface area contributed by atoms with Crippen molar-refractivity contribution in [2.75, 3.05) is 26.2 Å². The first-order chi connectivity index (χ1) is 15.7. The maximum absolute atomic E-state index is 13.0. The molecule has 0 saturated carbocycles. The highest BCUT2D eigenvalue weighted by molar-refractivity contribution is 7.89. The van der Waals surface area contributed by atoms with Crippen LogP contribution in [-0.2, 0) is 16.7 Å². The zero-order chi connectivity index (χ0) is 23.8. The number of nitro benzene ring substituents is 1. The van der Waals surface area contributed by atoms with Crippen LogP contribution in [-0.4, -0.2) is 57.9 Å². The number of nitrogens with zero attached hydrogens (tertiary/aromatic N) is 5. The Morgan fingerprint density at radius 1 is 1.03 bits per heavy atom. The lowest BCUT2D eigenvalue weighted by atomic mass is 10.3. The molecule has 0 N–H and O–H groups in total. The van der Waals surface area contributed by atoms with E-state index in [1.807, 2.05) is 11.8 Å². The Morgan fingerprint density at radius 3 is 2.30 bits per heavy atom. The van der Waals surface area contributed by atoms with Crippen LogP contribution >= 0.6 is 11.6 Å². The van der Waals surface area contributed by atoms with Crippen molar-refractivity contribution >= 4 is 27.3 Å². The lowest BCUT2D eigenvalue weighted by Crippen LogP contribution is -2.49. The average molecular weight is 492 g/mol. The summed E-state index contributed by atoms with van der Waals surface area (Å²) in [6.07, 6.45) is 1.76. The van der Waals surface area contributed by atoms with E-state index in [1.54, 1.807) is 39.6 Å². The number of imidazole rings is 1. The van der Waals surface area contributed by atoms with Crippen LogP contribution in [0.3, 0.4) is 0 Å². The van der Waals surface area contributed by atoms with Crippen molar-refractivity contribution in [2.45, 2.75) is 18.5 Å². The molecule has 2 heterocycles. The number of rotatable bonds is 6. The predicted molar refractivity (Wildman–Crippen MR) is 123 cm³/mol. The summed E-state index contributed by atoms with van der Waals surface area (Å²) in [7, 11) is -4.00. The molecule has 33 heavy (non-hydrogen) atoms. The smallest absolute Gasteiger partial charge is 0.285 e. The summed E-state index contributed by atoms with van der Waals surface area (Å²) in [5, 5.41) is 11.8. The fourth-order valence-corrected chi connectivity index (χ4v) is 5.62. The van der Waals surface area contributed by atoms with Crippen LogP contribution in [0.1, 0.15) is 5.69 Å². The van der Waals surface area contributed by atoms with Gasteiger partial charge in [0.1, 0.15) is 0 Å². The van der Waals surface area contributed by atoms with Crippen LogP contribution in [0, 0.1) is 17.0 Å². The number of halogens is 1. The molecule has 0 spiro atoms. The number of benzene rings is 2. The minimum absolute atomic E-state index is 0.167. The largest absolute Gasteiger partial charge is 0.334 e. The van der Waals surface area contributed by atoms with Gasteiger partial charge in [-0.25, -0.2) is 13.2 Å². The number of aryl methyl sites for hydroxylation is 1. The first-order valence-corrected chi connectivity index (χ1v) is 12.0. The highest BCUT2D eigenvalue weighted by atomic mass is 35.5. The Balaban J connectivity index is 1.48. The van der Waals surface area contributed by atoms with Gasteiger partial charge in [-0.1, -0.05) is 23.7 Å². The summed E-state index contributed by atoms with van der Waals surface area (Å²) in [6, 6.07) is 12.3. The third kappa shape index (κ3) is 4.58. The Hall–Kier alpha value is -2.99. The second-order valence-electron chi connectivity index (χ2n) is 7.72. The molecule has 0 aliphatic carbocycles. The Bertz CT molecular complexity index is 1340. The normalized spacial score (nSPS) is 15.6. The molecule has 12 heteroatoms. The molecule has 1 aliphatic rings. The molecule has 1 aromatic heterocycles. The summed E-state index contributed by atoms with van der Waals surface area (Å²) >= 11 is 5.94. The lowest BCUT2D eigenvalue weighted by molar-refractivity contribution is -0.387. The minimum atomic E-state index is -4.00. The Labute approximate surface area is 195 Å². The zero-order valence-corrected chi connectivity index (χ0v) is 19.4. The molecule has 1 saturated heterocycles. The van der Waals surface area contributed by atoms with Gasteiger partial charge in [0.25, 0.3) is 5.69 Å². The van der Waals surface area contributed by atoms with E-state index in [-0.39, 0.29) is 23.7 Å². The van der Waals surface area contributed by atoms with Crippen molar-refractivity contribution in [1.82, 2.24) is 18.3 Å². The number of piperazine rings is 1. The van der Waals surface area contributed by atoms with Gasteiger partial charge in [0.05, 0.1) is 17.3 Å². The van der Waals surface area contributed by atoms with Gasteiger partial charge in [0.2, 0.25) is 10.0 Å². The van der Waals surface area contributed by atoms with Crippen molar-refractivity contribution in [3.05, 3.63) is 86.0 Å².